The Kier molecular flexibility index (Phi) is 5.72. The molecule has 32 heavy (non-hydrogen) atoms. The van der Waals surface area contributed by atoms with Crippen molar-refractivity contribution >= 4 is 11.8 Å². The average molecular weight is 437 g/mol. The lowest BCUT2D eigenvalue weighted by Crippen LogP contribution is -2.44. The maximum absolute atomic E-state index is 12.9. The molecule has 0 radical (unpaired) electrons. The summed E-state index contributed by atoms with van der Waals surface area (Å²) in [5.74, 6) is 0.353. The molecule has 1 fully saturated rings. The molecule has 1 aromatic carbocycles. The van der Waals surface area contributed by atoms with Crippen LogP contribution in [-0.4, -0.2) is 29.8 Å². The van der Waals surface area contributed by atoms with Gasteiger partial charge in [0.2, 0.25) is 5.91 Å². The number of aryl methyl sites for hydroxylation is 1. The Labute approximate surface area is 191 Å². The molecule has 1 atom stereocenters. The third-order valence-corrected chi connectivity index (χ3v) is 7.66. The summed E-state index contributed by atoms with van der Waals surface area (Å²) in [7, 11) is 0. The van der Waals surface area contributed by atoms with Crippen molar-refractivity contribution in [2.45, 2.75) is 77.6 Å². The van der Waals surface area contributed by atoms with Crippen LogP contribution in [0.15, 0.2) is 28.7 Å². The van der Waals surface area contributed by atoms with E-state index >= 15 is 0 Å². The van der Waals surface area contributed by atoms with Gasteiger partial charge in [-0.2, -0.15) is 0 Å². The molecule has 4 rings (SSSR count). The fourth-order valence-electron chi connectivity index (χ4n) is 5.28. The first-order chi connectivity index (χ1) is 15.0. The standard InChI is InChI=1S/C27H36N2O3/c1-17-13-21-22(27(4,5)11-10-26(21,2)3)15-19(17)14-20-8-9-23(32-20)25(31)29-12-6-7-18(16-29)24(28)30/h8-9,13,15,18H,6-7,10-12,14,16H2,1-5H3,(H2,28,30). The second-order valence-electron chi connectivity index (χ2n) is 11.0. The van der Waals surface area contributed by atoms with Crippen molar-refractivity contribution < 1.29 is 14.0 Å². The van der Waals surface area contributed by atoms with Crippen molar-refractivity contribution in [2.24, 2.45) is 11.7 Å². The van der Waals surface area contributed by atoms with Crippen LogP contribution in [0.4, 0.5) is 0 Å². The first-order valence-electron chi connectivity index (χ1n) is 11.8. The predicted octanol–water partition coefficient (Wildman–Crippen LogP) is 4.87. The Morgan fingerprint density at radius 2 is 1.75 bits per heavy atom. The third-order valence-electron chi connectivity index (χ3n) is 7.66. The van der Waals surface area contributed by atoms with E-state index in [0.29, 0.717) is 25.3 Å². The van der Waals surface area contributed by atoms with E-state index < -0.39 is 0 Å². The Bertz CT molecular complexity index is 1050. The number of nitrogens with two attached hydrogens (primary N) is 1. The lowest BCUT2D eigenvalue weighted by molar-refractivity contribution is -0.123. The summed E-state index contributed by atoms with van der Waals surface area (Å²) in [6.07, 6.45) is 4.56. The van der Waals surface area contributed by atoms with Crippen molar-refractivity contribution in [3.8, 4) is 0 Å². The molecule has 0 spiro atoms. The monoisotopic (exact) mass is 436 g/mol. The second kappa shape index (κ2) is 8.09. The summed E-state index contributed by atoms with van der Waals surface area (Å²) >= 11 is 0. The van der Waals surface area contributed by atoms with E-state index in [0.717, 1.165) is 18.6 Å². The topological polar surface area (TPSA) is 76.5 Å². The van der Waals surface area contributed by atoms with Crippen molar-refractivity contribution in [3.63, 3.8) is 0 Å². The molecule has 2 aromatic rings. The zero-order valence-corrected chi connectivity index (χ0v) is 20.1. The van der Waals surface area contributed by atoms with Gasteiger partial charge in [-0.15, -0.1) is 0 Å². The zero-order valence-electron chi connectivity index (χ0n) is 20.1. The van der Waals surface area contributed by atoms with Gasteiger partial charge >= 0.3 is 0 Å². The highest BCUT2D eigenvalue weighted by atomic mass is 16.4. The normalized spacial score (nSPS) is 21.8. The van der Waals surface area contributed by atoms with Crippen LogP contribution in [0.2, 0.25) is 0 Å². The van der Waals surface area contributed by atoms with E-state index in [9.17, 15) is 9.59 Å². The molecule has 2 amide bonds. The Hall–Kier alpha value is -2.56. The van der Waals surface area contributed by atoms with Crippen molar-refractivity contribution in [1.82, 2.24) is 4.90 Å². The number of benzene rings is 1. The van der Waals surface area contributed by atoms with Gasteiger partial charge in [0, 0.05) is 19.5 Å². The van der Waals surface area contributed by atoms with Crippen molar-refractivity contribution in [3.05, 3.63) is 58.0 Å². The minimum absolute atomic E-state index is 0.156. The number of hydrogen-bond donors (Lipinski definition) is 1. The SMILES string of the molecule is Cc1cc2c(cc1Cc1ccc(C(=O)N3CCCC(C(N)=O)C3)o1)C(C)(C)CCC2(C)C. The van der Waals surface area contributed by atoms with E-state index in [1.54, 1.807) is 11.0 Å². The molecule has 2 heterocycles. The van der Waals surface area contributed by atoms with Crippen LogP contribution in [0, 0.1) is 12.8 Å². The summed E-state index contributed by atoms with van der Waals surface area (Å²) in [4.78, 5) is 26.2. The molecule has 2 aliphatic rings. The molecule has 5 nitrogen and oxygen atoms in total. The van der Waals surface area contributed by atoms with Gasteiger partial charge < -0.3 is 15.1 Å². The zero-order chi connectivity index (χ0) is 23.3. The number of rotatable bonds is 4. The van der Waals surface area contributed by atoms with E-state index in [-0.39, 0.29) is 28.6 Å². The number of carbonyl (C=O) groups excluding carboxylic acids is 2. The maximum atomic E-state index is 12.9. The number of primary amides is 1. The van der Waals surface area contributed by atoms with E-state index in [1.807, 2.05) is 6.07 Å². The average Bonchev–Trinajstić information content (AvgIpc) is 3.20. The second-order valence-corrected chi connectivity index (χ2v) is 11.0. The van der Waals surface area contributed by atoms with Crippen LogP contribution < -0.4 is 5.73 Å². The van der Waals surface area contributed by atoms with Crippen LogP contribution in [-0.2, 0) is 22.0 Å². The first kappa shape index (κ1) is 22.6. The highest BCUT2D eigenvalue weighted by Gasteiger charge is 2.37. The lowest BCUT2D eigenvalue weighted by Gasteiger charge is -2.42. The molecular formula is C27H36N2O3. The Morgan fingerprint density at radius 3 is 2.41 bits per heavy atom. The molecule has 2 N–H and O–H groups in total. The van der Waals surface area contributed by atoms with E-state index in [2.05, 4.69) is 46.8 Å². The van der Waals surface area contributed by atoms with Gasteiger partial charge in [-0.3, -0.25) is 9.59 Å². The van der Waals surface area contributed by atoms with Gasteiger partial charge in [-0.05, 0) is 77.8 Å². The molecule has 1 unspecified atom stereocenters. The first-order valence-corrected chi connectivity index (χ1v) is 11.8. The summed E-state index contributed by atoms with van der Waals surface area (Å²) in [5.41, 5.74) is 11.2. The Balaban J connectivity index is 1.55. The largest absolute Gasteiger partial charge is 0.456 e. The number of likely N-dealkylation sites (tertiary alicyclic amines) is 1. The Morgan fingerprint density at radius 1 is 1.09 bits per heavy atom. The van der Waals surface area contributed by atoms with Crippen LogP contribution >= 0.6 is 0 Å². The smallest absolute Gasteiger partial charge is 0.289 e. The van der Waals surface area contributed by atoms with Crippen LogP contribution in [0.25, 0.3) is 0 Å². The molecule has 172 valence electrons. The highest BCUT2D eigenvalue weighted by molar-refractivity contribution is 5.92. The predicted molar refractivity (Wildman–Crippen MR) is 126 cm³/mol. The summed E-state index contributed by atoms with van der Waals surface area (Å²) < 4.78 is 5.98. The van der Waals surface area contributed by atoms with Gasteiger partial charge in [-0.25, -0.2) is 0 Å². The minimum atomic E-state index is -0.336. The number of hydrogen-bond acceptors (Lipinski definition) is 3. The van der Waals surface area contributed by atoms with E-state index in [4.69, 9.17) is 10.2 Å². The van der Waals surface area contributed by atoms with Gasteiger partial charge in [0.1, 0.15) is 5.76 Å². The van der Waals surface area contributed by atoms with Crippen LogP contribution in [0.5, 0.6) is 0 Å². The molecular weight excluding hydrogens is 400 g/mol. The molecule has 1 aliphatic carbocycles. The van der Waals surface area contributed by atoms with Crippen LogP contribution in [0.1, 0.15) is 91.9 Å². The quantitative estimate of drug-likeness (QED) is 0.743. The highest BCUT2D eigenvalue weighted by Crippen LogP contribution is 2.46. The molecule has 5 heteroatoms. The summed E-state index contributed by atoms with van der Waals surface area (Å²) in [6, 6.07) is 8.37. The molecule has 1 aliphatic heterocycles. The van der Waals surface area contributed by atoms with E-state index in [1.165, 1.54) is 35.1 Å². The maximum Gasteiger partial charge on any atom is 0.289 e. The minimum Gasteiger partial charge on any atom is -0.456 e. The molecule has 0 bridgehead atoms. The van der Waals surface area contributed by atoms with Crippen molar-refractivity contribution in [1.29, 1.82) is 0 Å². The fourth-order valence-corrected chi connectivity index (χ4v) is 5.28. The number of furan rings is 1. The van der Waals surface area contributed by atoms with Crippen molar-refractivity contribution in [2.75, 3.05) is 13.1 Å². The van der Waals surface area contributed by atoms with Gasteiger partial charge in [-0.1, -0.05) is 39.8 Å². The number of fused-ring (bicyclic) bond motifs is 1. The molecule has 1 saturated heterocycles. The summed E-state index contributed by atoms with van der Waals surface area (Å²) in [5, 5.41) is 0. The lowest BCUT2D eigenvalue weighted by atomic mass is 9.62. The van der Waals surface area contributed by atoms with Gasteiger partial charge in [0.05, 0.1) is 5.92 Å². The molecule has 0 saturated carbocycles. The number of piperidine rings is 1. The van der Waals surface area contributed by atoms with Gasteiger partial charge in [0.15, 0.2) is 5.76 Å². The fraction of sp³-hybridized carbons (Fsp3) is 0.556. The number of nitrogens with zero attached hydrogens (tertiary/aromatic N) is 1. The number of amides is 2. The van der Waals surface area contributed by atoms with Crippen LogP contribution in [0.3, 0.4) is 0 Å². The summed E-state index contributed by atoms with van der Waals surface area (Å²) in [6.45, 7) is 12.5. The third kappa shape index (κ3) is 4.22. The number of carbonyl (C=O) groups is 2. The molecule has 1 aromatic heterocycles. The van der Waals surface area contributed by atoms with Gasteiger partial charge in [0.25, 0.3) is 5.91 Å².